The molecule has 3 N–H and O–H groups in total. The number of phosphoric acid groups is 1. The number of hydrogen-bond donors (Lipinski definition) is 2. The van der Waals surface area contributed by atoms with Gasteiger partial charge in [0.2, 0.25) is 0 Å². The van der Waals surface area contributed by atoms with E-state index in [1.54, 1.807) is 0 Å². The zero-order chi connectivity index (χ0) is 54.5. The molecule has 0 spiro atoms. The summed E-state index contributed by atoms with van der Waals surface area (Å²) in [6, 6.07) is 0. The van der Waals surface area contributed by atoms with Gasteiger partial charge in [-0.3, -0.25) is 18.6 Å². The smallest absolute Gasteiger partial charge is 0.462 e. The van der Waals surface area contributed by atoms with Gasteiger partial charge >= 0.3 is 19.8 Å². The van der Waals surface area contributed by atoms with Crippen LogP contribution in [0.15, 0.2) is 109 Å². The van der Waals surface area contributed by atoms with Crippen molar-refractivity contribution in [1.29, 1.82) is 0 Å². The maximum atomic E-state index is 12.7. The van der Waals surface area contributed by atoms with Crippen molar-refractivity contribution < 1.29 is 37.6 Å². The van der Waals surface area contributed by atoms with Crippen molar-refractivity contribution in [2.24, 2.45) is 5.73 Å². The summed E-state index contributed by atoms with van der Waals surface area (Å²) < 4.78 is 33.0. The SMILES string of the molecule is CC/C=C\C/C=C\C/C=C\C/C=C\C/C=C\C/C=C\C/C=C\C/C=C\C/C=C\CCCCCCCCCCCC(=O)OC(COC(=O)CCCCCCCCCCCCCCCCCCC)COP(=O)(O)OCCN. The molecule has 75 heavy (non-hydrogen) atoms. The lowest BCUT2D eigenvalue weighted by molar-refractivity contribution is -0.161. The van der Waals surface area contributed by atoms with Crippen LogP contribution in [-0.4, -0.2) is 49.3 Å². The van der Waals surface area contributed by atoms with E-state index in [9.17, 15) is 19.0 Å². The zero-order valence-electron chi connectivity index (χ0n) is 48.0. The third kappa shape index (κ3) is 59.8. The topological polar surface area (TPSA) is 134 Å². The minimum absolute atomic E-state index is 0.0491. The largest absolute Gasteiger partial charge is 0.472 e. The predicted octanol–water partition coefficient (Wildman–Crippen LogP) is 19.4. The molecule has 0 fully saturated rings. The van der Waals surface area contributed by atoms with E-state index in [4.69, 9.17) is 24.3 Å². The van der Waals surface area contributed by atoms with Gasteiger partial charge in [0.05, 0.1) is 13.2 Å². The van der Waals surface area contributed by atoms with Crippen LogP contribution < -0.4 is 5.73 Å². The van der Waals surface area contributed by atoms with Crippen LogP contribution in [0.5, 0.6) is 0 Å². The molecule has 0 aromatic heterocycles. The van der Waals surface area contributed by atoms with E-state index in [1.165, 1.54) is 122 Å². The highest BCUT2D eigenvalue weighted by Crippen LogP contribution is 2.43. The lowest BCUT2D eigenvalue weighted by Crippen LogP contribution is -2.29. The van der Waals surface area contributed by atoms with Crippen LogP contribution in [0.1, 0.15) is 258 Å². The van der Waals surface area contributed by atoms with Crippen molar-refractivity contribution in [3.63, 3.8) is 0 Å². The molecule has 0 bridgehead atoms. The number of carbonyl (C=O) groups is 2. The Hall–Kier alpha value is -3.33. The van der Waals surface area contributed by atoms with Crippen LogP contribution in [0.25, 0.3) is 0 Å². The average molecular weight is 1070 g/mol. The lowest BCUT2D eigenvalue weighted by atomic mass is 10.0. The fourth-order valence-electron chi connectivity index (χ4n) is 8.22. The van der Waals surface area contributed by atoms with Crippen molar-refractivity contribution >= 4 is 19.8 Å². The standard InChI is InChI=1S/C65H112NO8P/c1-3-5-7-9-11-13-15-17-19-21-22-23-24-25-26-27-28-29-30-31-32-33-34-35-36-37-38-39-40-42-44-46-48-50-52-54-56-58-65(68)74-63(62-73-75(69,70)72-60-59-66)61-71-64(67)57-55-53-51-49-47-45-43-41-20-18-16-14-12-10-8-6-4-2/h5,7,11,13,17,19,22-23,25-26,28-29,31-32,34-35,37-38,63H,3-4,6,8-10,12,14-16,18,20-21,24,27,30,33,36,39-62,66H2,1-2H3,(H,69,70)/b7-5-,13-11-,19-17-,23-22-,26-25-,29-28-,32-31-,35-34-,38-37-. The molecule has 2 unspecified atom stereocenters. The minimum atomic E-state index is -4.39. The molecule has 0 heterocycles. The van der Waals surface area contributed by atoms with E-state index in [2.05, 4.69) is 123 Å². The summed E-state index contributed by atoms with van der Waals surface area (Å²) in [5, 5.41) is 0. The second-order valence-electron chi connectivity index (χ2n) is 19.8. The molecule has 0 rings (SSSR count). The average Bonchev–Trinajstić information content (AvgIpc) is 3.40. The van der Waals surface area contributed by atoms with Gasteiger partial charge in [-0.25, -0.2) is 4.57 Å². The number of phosphoric ester groups is 1. The second kappa shape index (κ2) is 59.9. The first kappa shape index (κ1) is 71.7. The van der Waals surface area contributed by atoms with Gasteiger partial charge in [0.25, 0.3) is 0 Å². The van der Waals surface area contributed by atoms with Crippen molar-refractivity contribution in [2.75, 3.05) is 26.4 Å². The second-order valence-corrected chi connectivity index (χ2v) is 21.3. The van der Waals surface area contributed by atoms with E-state index in [0.717, 1.165) is 103 Å². The first-order chi connectivity index (χ1) is 36.8. The summed E-state index contributed by atoms with van der Waals surface area (Å²) in [4.78, 5) is 35.2. The summed E-state index contributed by atoms with van der Waals surface area (Å²) in [5.41, 5.74) is 5.38. The number of esters is 2. The molecule has 0 aromatic rings. The monoisotopic (exact) mass is 1070 g/mol. The number of carbonyl (C=O) groups excluding carboxylic acids is 2. The Morgan fingerprint density at radius 2 is 0.733 bits per heavy atom. The Morgan fingerprint density at radius 3 is 1.09 bits per heavy atom. The molecule has 0 aliphatic heterocycles. The molecular formula is C65H112NO8P. The Bertz CT molecular complexity index is 1590. The first-order valence-electron chi connectivity index (χ1n) is 30.4. The minimum Gasteiger partial charge on any atom is -0.462 e. The molecule has 0 saturated carbocycles. The van der Waals surface area contributed by atoms with E-state index in [1.807, 2.05) is 0 Å². The molecule has 9 nitrogen and oxygen atoms in total. The fraction of sp³-hybridized carbons (Fsp3) is 0.692. The molecule has 0 saturated heterocycles. The van der Waals surface area contributed by atoms with Crippen molar-refractivity contribution in [2.45, 2.75) is 264 Å². The molecule has 0 amide bonds. The third-order valence-electron chi connectivity index (χ3n) is 12.7. The van der Waals surface area contributed by atoms with Crippen molar-refractivity contribution in [1.82, 2.24) is 0 Å². The van der Waals surface area contributed by atoms with Gasteiger partial charge in [-0.15, -0.1) is 0 Å². The van der Waals surface area contributed by atoms with E-state index in [0.29, 0.717) is 6.42 Å². The fourth-order valence-corrected chi connectivity index (χ4v) is 8.98. The van der Waals surface area contributed by atoms with Crippen molar-refractivity contribution in [3.8, 4) is 0 Å². The summed E-state index contributed by atoms with van der Waals surface area (Å²) in [5.74, 6) is -0.832. The third-order valence-corrected chi connectivity index (χ3v) is 13.7. The van der Waals surface area contributed by atoms with Gasteiger partial charge in [0.1, 0.15) is 6.61 Å². The summed E-state index contributed by atoms with van der Waals surface area (Å²) >= 11 is 0. The molecule has 0 aliphatic rings. The number of allylic oxidation sites excluding steroid dienone is 18. The van der Waals surface area contributed by atoms with Gasteiger partial charge in [0.15, 0.2) is 6.10 Å². The van der Waals surface area contributed by atoms with Gasteiger partial charge in [-0.2, -0.15) is 0 Å². The maximum absolute atomic E-state index is 12.7. The highest BCUT2D eigenvalue weighted by molar-refractivity contribution is 7.47. The molecular weight excluding hydrogens is 954 g/mol. The van der Waals surface area contributed by atoms with E-state index in [-0.39, 0.29) is 38.6 Å². The molecule has 0 radical (unpaired) electrons. The summed E-state index contributed by atoms with van der Waals surface area (Å²) in [6.07, 6.45) is 81.5. The zero-order valence-corrected chi connectivity index (χ0v) is 48.9. The van der Waals surface area contributed by atoms with E-state index >= 15 is 0 Å². The molecule has 10 heteroatoms. The Kier molecular flexibility index (Phi) is 57.2. The number of ether oxygens (including phenoxy) is 2. The Balaban J connectivity index is 3.98. The lowest BCUT2D eigenvalue weighted by Gasteiger charge is -2.19. The Labute approximate surface area is 460 Å². The van der Waals surface area contributed by atoms with Gasteiger partial charge in [-0.1, -0.05) is 271 Å². The maximum Gasteiger partial charge on any atom is 0.472 e. The van der Waals surface area contributed by atoms with Crippen LogP contribution in [0, 0.1) is 0 Å². The highest BCUT2D eigenvalue weighted by Gasteiger charge is 2.26. The summed E-state index contributed by atoms with van der Waals surface area (Å²) in [7, 11) is -4.39. The number of hydrogen-bond acceptors (Lipinski definition) is 8. The molecule has 0 aliphatic carbocycles. The first-order valence-corrected chi connectivity index (χ1v) is 31.9. The van der Waals surface area contributed by atoms with E-state index < -0.39 is 26.5 Å². The van der Waals surface area contributed by atoms with Gasteiger partial charge in [0, 0.05) is 19.4 Å². The predicted molar refractivity (Wildman–Crippen MR) is 321 cm³/mol. The number of nitrogens with two attached hydrogens (primary N) is 1. The van der Waals surface area contributed by atoms with Crippen LogP contribution in [0.3, 0.4) is 0 Å². The highest BCUT2D eigenvalue weighted by atomic mass is 31.2. The molecule has 0 aromatic carbocycles. The van der Waals surface area contributed by atoms with Crippen LogP contribution in [-0.2, 0) is 32.7 Å². The van der Waals surface area contributed by atoms with Crippen LogP contribution in [0.4, 0.5) is 0 Å². The van der Waals surface area contributed by atoms with Crippen molar-refractivity contribution in [3.05, 3.63) is 109 Å². The Morgan fingerprint density at radius 1 is 0.413 bits per heavy atom. The van der Waals surface area contributed by atoms with Crippen LogP contribution >= 0.6 is 7.82 Å². The molecule has 2 atom stereocenters. The summed E-state index contributed by atoms with van der Waals surface area (Å²) in [6.45, 7) is 3.64. The molecule has 430 valence electrons. The number of unbranched alkanes of at least 4 members (excludes halogenated alkanes) is 25. The van der Waals surface area contributed by atoms with Gasteiger partial charge in [-0.05, 0) is 83.5 Å². The normalized spacial score (nSPS) is 13.8. The van der Waals surface area contributed by atoms with Crippen LogP contribution in [0.2, 0.25) is 0 Å². The quantitative estimate of drug-likeness (QED) is 0.0264. The van der Waals surface area contributed by atoms with Gasteiger partial charge < -0.3 is 20.1 Å². The number of rotatable bonds is 56.